The van der Waals surface area contributed by atoms with Crippen molar-refractivity contribution in [2.45, 2.75) is 202 Å². The van der Waals surface area contributed by atoms with Crippen LogP contribution < -0.4 is 0 Å². The van der Waals surface area contributed by atoms with Crippen LogP contribution in [-0.2, 0) is 52.2 Å². The van der Waals surface area contributed by atoms with Crippen molar-refractivity contribution >= 4 is 5.97 Å². The van der Waals surface area contributed by atoms with Gasteiger partial charge in [0.05, 0.1) is 42.0 Å². The summed E-state index contributed by atoms with van der Waals surface area (Å²) in [5, 5.41) is 11.5. The summed E-state index contributed by atoms with van der Waals surface area (Å²) in [5.41, 5.74) is -0.913. The first-order valence-electron chi connectivity index (χ1n) is 21.1. The Morgan fingerprint density at radius 1 is 0.946 bits per heavy atom. The summed E-state index contributed by atoms with van der Waals surface area (Å²) in [4.78, 5) is 13.6. The first-order chi connectivity index (χ1) is 26.4. The van der Waals surface area contributed by atoms with Crippen molar-refractivity contribution in [1.82, 2.24) is 0 Å². The summed E-state index contributed by atoms with van der Waals surface area (Å²) in [6.07, 6.45) is 7.93. The number of carbonyl (C=O) groups excluding carboxylic acids is 1. The monoisotopic (exact) mass is 799 g/mol. The number of cyclic esters (lactones) is 1. The van der Waals surface area contributed by atoms with E-state index in [0.717, 1.165) is 12.0 Å². The Balaban J connectivity index is 2.38. The minimum absolute atomic E-state index is 0.00262. The highest BCUT2D eigenvalue weighted by Crippen LogP contribution is 2.40. The van der Waals surface area contributed by atoms with Crippen LogP contribution >= 0.6 is 0 Å². The Morgan fingerprint density at radius 3 is 2.18 bits per heavy atom. The maximum absolute atomic E-state index is 13.6. The van der Waals surface area contributed by atoms with Crippen LogP contribution in [0.1, 0.15) is 129 Å². The molecule has 56 heavy (non-hydrogen) atoms. The lowest BCUT2D eigenvalue weighted by molar-refractivity contribution is -0.224. The van der Waals surface area contributed by atoms with Crippen molar-refractivity contribution in [3.8, 4) is 0 Å². The number of aliphatic hydroxyl groups is 1. The molecule has 2 aliphatic heterocycles. The Kier molecular flexibility index (Phi) is 22.5. The number of carbonyl (C=O) groups is 1. The number of ether oxygens (including phenoxy) is 10. The lowest BCUT2D eigenvalue weighted by atomic mass is 9.88. The first-order valence-corrected chi connectivity index (χ1v) is 21.1. The molecular weight excluding hydrogens is 720 g/mol. The lowest BCUT2D eigenvalue weighted by Gasteiger charge is -2.37. The van der Waals surface area contributed by atoms with Gasteiger partial charge in [-0.2, -0.15) is 0 Å². The SMILES string of the molecule is CCOC(C)O[C@@H]1CC[C@@](C)(OC(C)OCC)[C@@H](O)/C=C/[C@H](C)[C@@H](/C(C)=C/C=C/[C@@](C)(C[C@H]2O[C@@H]2[C@H](C)[C@H](CC)OC(C)OCC)OC(C)OCC)OC(=O)C1. The number of hydrogen-bond donors (Lipinski definition) is 1. The average molecular weight is 799 g/mol. The molecule has 326 valence electrons. The van der Waals surface area contributed by atoms with E-state index in [1.165, 1.54) is 0 Å². The third kappa shape index (κ3) is 17.3. The summed E-state index contributed by atoms with van der Waals surface area (Å²) in [7, 11) is 0. The van der Waals surface area contributed by atoms with Gasteiger partial charge in [-0.15, -0.1) is 0 Å². The van der Waals surface area contributed by atoms with Crippen LogP contribution in [0.2, 0.25) is 0 Å². The van der Waals surface area contributed by atoms with Gasteiger partial charge in [-0.05, 0) is 101 Å². The quantitative estimate of drug-likeness (QED) is 0.0332. The Labute approximate surface area is 338 Å². The standard InChI is InChI=1S/C44H78O12/c1-15-37(52-33(10)48-17-3)31(8)42-38(53-42)28-43(13,55-34(11)49-18-4)25-20-21-29(6)41-30(7)22-23-39(45)44(14,56-35(12)50-19-5)26-24-36(27-40(46)54-41)51-32(9)47-16-2/h20-23,25,30-39,41-42,45H,15-19,24,26-28H2,1-14H3/b23-22+,25-20+,29-21+/t30-,31+,32?,33?,34?,35?,36+,37-,38+,39-,41+,42+,43-,44+/m0/s1. The number of esters is 1. The van der Waals surface area contributed by atoms with Crippen LogP contribution in [-0.4, -0.2) is 110 Å². The van der Waals surface area contributed by atoms with E-state index in [2.05, 4.69) is 13.8 Å². The molecule has 0 radical (unpaired) electrons. The molecule has 14 atom stereocenters. The second-order valence-corrected chi connectivity index (χ2v) is 15.6. The fraction of sp³-hybridized carbons (Fsp3) is 0.841. The molecule has 0 amide bonds. The van der Waals surface area contributed by atoms with Gasteiger partial charge in [-0.3, -0.25) is 4.79 Å². The van der Waals surface area contributed by atoms with E-state index in [4.69, 9.17) is 47.4 Å². The number of epoxide rings is 1. The normalized spacial score (nSPS) is 31.6. The van der Waals surface area contributed by atoms with Crippen LogP contribution in [0.4, 0.5) is 0 Å². The molecule has 0 aromatic rings. The molecule has 1 saturated heterocycles. The Hall–Kier alpha value is -1.71. The van der Waals surface area contributed by atoms with Crippen molar-refractivity contribution in [2.75, 3.05) is 26.4 Å². The second kappa shape index (κ2) is 25.0. The van der Waals surface area contributed by atoms with Gasteiger partial charge >= 0.3 is 5.97 Å². The number of aliphatic hydroxyl groups excluding tert-OH is 1. The third-order valence-corrected chi connectivity index (χ3v) is 10.5. The smallest absolute Gasteiger partial charge is 0.309 e. The zero-order valence-electron chi connectivity index (χ0n) is 37.1. The van der Waals surface area contributed by atoms with Crippen LogP contribution in [0.3, 0.4) is 0 Å². The van der Waals surface area contributed by atoms with E-state index in [0.29, 0.717) is 45.7 Å². The molecule has 2 heterocycles. The molecule has 2 rings (SSSR count). The first kappa shape index (κ1) is 50.4. The summed E-state index contributed by atoms with van der Waals surface area (Å²) >= 11 is 0. The molecule has 0 spiro atoms. The highest BCUT2D eigenvalue weighted by molar-refractivity contribution is 5.70. The van der Waals surface area contributed by atoms with E-state index in [1.807, 2.05) is 107 Å². The van der Waals surface area contributed by atoms with E-state index >= 15 is 0 Å². The molecule has 2 aliphatic rings. The van der Waals surface area contributed by atoms with Gasteiger partial charge in [0.25, 0.3) is 0 Å². The number of rotatable bonds is 24. The van der Waals surface area contributed by atoms with Crippen LogP contribution in [0.15, 0.2) is 36.0 Å². The minimum Gasteiger partial charge on any atom is -0.457 e. The van der Waals surface area contributed by atoms with Gasteiger partial charge in [0.1, 0.15) is 12.2 Å². The minimum atomic E-state index is -1.01. The fourth-order valence-corrected chi connectivity index (χ4v) is 7.52. The van der Waals surface area contributed by atoms with Crippen molar-refractivity contribution < 1.29 is 57.3 Å². The highest BCUT2D eigenvalue weighted by atomic mass is 16.7. The molecule has 12 nitrogen and oxygen atoms in total. The van der Waals surface area contributed by atoms with Gasteiger partial charge < -0.3 is 52.5 Å². The molecule has 0 aliphatic carbocycles. The van der Waals surface area contributed by atoms with Gasteiger partial charge in [-0.1, -0.05) is 51.2 Å². The predicted octanol–water partition coefficient (Wildman–Crippen LogP) is 8.19. The van der Waals surface area contributed by atoms with Crippen LogP contribution in [0.5, 0.6) is 0 Å². The van der Waals surface area contributed by atoms with Gasteiger partial charge in [-0.25, -0.2) is 0 Å². The average Bonchev–Trinajstić information content (AvgIpc) is 3.88. The van der Waals surface area contributed by atoms with E-state index in [-0.39, 0.29) is 48.8 Å². The topological polar surface area (TPSA) is 133 Å². The fourth-order valence-electron chi connectivity index (χ4n) is 7.52. The zero-order chi connectivity index (χ0) is 42.1. The largest absolute Gasteiger partial charge is 0.457 e. The van der Waals surface area contributed by atoms with Crippen molar-refractivity contribution in [3.63, 3.8) is 0 Å². The highest BCUT2D eigenvalue weighted by Gasteiger charge is 2.49. The molecule has 0 aromatic heterocycles. The molecule has 0 bridgehead atoms. The van der Waals surface area contributed by atoms with Crippen LogP contribution in [0.25, 0.3) is 0 Å². The summed E-state index contributed by atoms with van der Waals surface area (Å²) in [6, 6.07) is 0. The molecule has 1 fully saturated rings. The van der Waals surface area contributed by atoms with Crippen molar-refractivity contribution in [2.24, 2.45) is 11.8 Å². The Bertz CT molecular complexity index is 1210. The van der Waals surface area contributed by atoms with E-state index in [1.54, 1.807) is 6.08 Å². The summed E-state index contributed by atoms with van der Waals surface area (Å²) in [5.74, 6) is -0.502. The molecule has 0 aromatic carbocycles. The molecule has 0 saturated carbocycles. The molecule has 4 unspecified atom stereocenters. The second-order valence-electron chi connectivity index (χ2n) is 15.6. The number of allylic oxidation sites excluding steroid dienone is 2. The van der Waals surface area contributed by atoms with Crippen LogP contribution in [0, 0.1) is 11.8 Å². The number of hydrogen-bond acceptors (Lipinski definition) is 12. The molecular formula is C44H78O12. The van der Waals surface area contributed by atoms with Gasteiger partial charge in [0.2, 0.25) is 0 Å². The van der Waals surface area contributed by atoms with Gasteiger partial charge in [0.15, 0.2) is 25.2 Å². The maximum Gasteiger partial charge on any atom is 0.309 e. The van der Waals surface area contributed by atoms with Crippen molar-refractivity contribution in [3.05, 3.63) is 36.0 Å². The van der Waals surface area contributed by atoms with Crippen molar-refractivity contribution in [1.29, 1.82) is 0 Å². The molecule has 1 N–H and O–H groups in total. The predicted molar refractivity (Wildman–Crippen MR) is 217 cm³/mol. The molecule has 12 heteroatoms. The van der Waals surface area contributed by atoms with E-state index in [9.17, 15) is 9.90 Å². The summed E-state index contributed by atoms with van der Waals surface area (Å²) in [6.45, 7) is 29.3. The maximum atomic E-state index is 13.6. The lowest BCUT2D eigenvalue weighted by Crippen LogP contribution is -2.45. The van der Waals surface area contributed by atoms with Gasteiger partial charge in [0, 0.05) is 44.7 Å². The Morgan fingerprint density at radius 2 is 1.55 bits per heavy atom. The zero-order valence-corrected chi connectivity index (χ0v) is 37.1. The third-order valence-electron chi connectivity index (χ3n) is 10.5. The summed E-state index contributed by atoms with van der Waals surface area (Å²) < 4.78 is 60.4. The van der Waals surface area contributed by atoms with E-state index < -0.39 is 48.4 Å².